The summed E-state index contributed by atoms with van der Waals surface area (Å²) in [7, 11) is 0. The highest BCUT2D eigenvalue weighted by atomic mass is 16.6. The van der Waals surface area contributed by atoms with Crippen LogP contribution in [0.3, 0.4) is 0 Å². The Hall–Kier alpha value is -0.830. The van der Waals surface area contributed by atoms with Crippen molar-refractivity contribution in [1.82, 2.24) is 0 Å². The number of carbonyl (C=O) groups excluding carboxylic acids is 1. The van der Waals surface area contributed by atoms with Gasteiger partial charge >= 0.3 is 5.97 Å². The Morgan fingerprint density at radius 1 is 1.73 bits per heavy atom. The van der Waals surface area contributed by atoms with Crippen LogP contribution in [-0.4, -0.2) is 23.8 Å². The van der Waals surface area contributed by atoms with Crippen molar-refractivity contribution in [3.8, 4) is 0 Å². The van der Waals surface area contributed by atoms with Crippen molar-refractivity contribution in [2.75, 3.05) is 6.61 Å². The fourth-order valence-corrected chi connectivity index (χ4v) is 2.27. The summed E-state index contributed by atoms with van der Waals surface area (Å²) in [5.74, 6) is 0.189. The van der Waals surface area contributed by atoms with E-state index in [1.54, 1.807) is 0 Å². The second-order valence-electron chi connectivity index (χ2n) is 4.87. The summed E-state index contributed by atoms with van der Waals surface area (Å²) < 4.78 is 5.14. The standard InChI is InChI=1S/C12H20O3/c1-8(2)5-12(9(3)4)6-10(7-13)15-11(12)14/h8,10,13H,3,5-7H2,1-2,4H3. The molecule has 0 aliphatic carbocycles. The van der Waals surface area contributed by atoms with Crippen molar-refractivity contribution in [2.45, 2.75) is 39.7 Å². The number of hydrogen-bond acceptors (Lipinski definition) is 3. The van der Waals surface area contributed by atoms with Gasteiger partial charge < -0.3 is 9.84 Å². The lowest BCUT2D eigenvalue weighted by molar-refractivity contribution is -0.148. The van der Waals surface area contributed by atoms with Crippen LogP contribution in [0.1, 0.15) is 33.6 Å². The topological polar surface area (TPSA) is 46.5 Å². The van der Waals surface area contributed by atoms with E-state index in [1.165, 1.54) is 0 Å². The van der Waals surface area contributed by atoms with Crippen molar-refractivity contribution in [3.05, 3.63) is 12.2 Å². The Bertz CT molecular complexity index is 270. The lowest BCUT2D eigenvalue weighted by atomic mass is 9.73. The summed E-state index contributed by atoms with van der Waals surface area (Å²) in [5, 5.41) is 9.03. The van der Waals surface area contributed by atoms with Gasteiger partial charge in [-0.2, -0.15) is 0 Å². The second-order valence-corrected chi connectivity index (χ2v) is 4.87. The maximum Gasteiger partial charge on any atom is 0.316 e. The molecular weight excluding hydrogens is 192 g/mol. The molecule has 0 spiro atoms. The summed E-state index contributed by atoms with van der Waals surface area (Å²) in [6, 6.07) is 0. The van der Waals surface area contributed by atoms with Crippen LogP contribution in [0.15, 0.2) is 12.2 Å². The van der Waals surface area contributed by atoms with Gasteiger partial charge in [-0.1, -0.05) is 26.0 Å². The maximum atomic E-state index is 11.8. The fraction of sp³-hybridized carbons (Fsp3) is 0.750. The highest BCUT2D eigenvalue weighted by molar-refractivity contribution is 5.82. The van der Waals surface area contributed by atoms with Gasteiger partial charge in [-0.25, -0.2) is 0 Å². The zero-order valence-electron chi connectivity index (χ0n) is 9.75. The molecule has 1 aliphatic rings. The monoisotopic (exact) mass is 212 g/mol. The minimum absolute atomic E-state index is 0.0983. The van der Waals surface area contributed by atoms with Crippen molar-refractivity contribution in [3.63, 3.8) is 0 Å². The van der Waals surface area contributed by atoms with E-state index in [-0.39, 0.29) is 18.7 Å². The van der Waals surface area contributed by atoms with Gasteiger partial charge in [-0.3, -0.25) is 4.79 Å². The predicted octanol–water partition coefficient (Wildman–Crippen LogP) is 1.90. The van der Waals surface area contributed by atoms with Gasteiger partial charge in [0.1, 0.15) is 6.10 Å². The molecule has 1 fully saturated rings. The molecule has 1 heterocycles. The summed E-state index contributed by atoms with van der Waals surface area (Å²) in [6.07, 6.45) is 0.959. The van der Waals surface area contributed by atoms with Gasteiger partial charge in [0.05, 0.1) is 12.0 Å². The molecule has 0 aromatic rings. The lowest BCUT2D eigenvalue weighted by Crippen LogP contribution is -2.29. The Labute approximate surface area is 91.1 Å². The molecule has 1 N–H and O–H groups in total. The molecule has 0 saturated carbocycles. The number of ether oxygens (including phenoxy) is 1. The third kappa shape index (κ3) is 2.23. The molecule has 2 atom stereocenters. The van der Waals surface area contributed by atoms with Crippen LogP contribution in [0.4, 0.5) is 0 Å². The molecule has 0 radical (unpaired) electrons. The van der Waals surface area contributed by atoms with E-state index in [4.69, 9.17) is 9.84 Å². The number of aliphatic hydroxyl groups is 1. The van der Waals surface area contributed by atoms with Crippen molar-refractivity contribution in [1.29, 1.82) is 0 Å². The largest absolute Gasteiger partial charge is 0.459 e. The van der Waals surface area contributed by atoms with Crippen LogP contribution in [0.2, 0.25) is 0 Å². The van der Waals surface area contributed by atoms with Crippen LogP contribution in [-0.2, 0) is 9.53 Å². The molecule has 3 heteroatoms. The van der Waals surface area contributed by atoms with Gasteiger partial charge in [-0.05, 0) is 19.3 Å². The summed E-state index contributed by atoms with van der Waals surface area (Å²) >= 11 is 0. The average Bonchev–Trinajstić information content (AvgIpc) is 2.43. The third-order valence-corrected chi connectivity index (χ3v) is 3.02. The van der Waals surface area contributed by atoms with Crippen molar-refractivity contribution < 1.29 is 14.6 Å². The van der Waals surface area contributed by atoms with E-state index >= 15 is 0 Å². The quantitative estimate of drug-likeness (QED) is 0.572. The molecule has 1 rings (SSSR count). The molecule has 0 bridgehead atoms. The first-order valence-corrected chi connectivity index (χ1v) is 5.40. The van der Waals surface area contributed by atoms with Crippen LogP contribution in [0.25, 0.3) is 0 Å². The zero-order chi connectivity index (χ0) is 11.6. The van der Waals surface area contributed by atoms with E-state index in [0.717, 1.165) is 12.0 Å². The molecule has 2 unspecified atom stereocenters. The molecule has 1 aliphatic heterocycles. The summed E-state index contributed by atoms with van der Waals surface area (Å²) in [5.41, 5.74) is 0.277. The second kappa shape index (κ2) is 4.35. The Kier molecular flexibility index (Phi) is 3.55. The van der Waals surface area contributed by atoms with Gasteiger partial charge in [0.2, 0.25) is 0 Å². The number of aliphatic hydroxyl groups excluding tert-OH is 1. The lowest BCUT2D eigenvalue weighted by Gasteiger charge is -2.27. The van der Waals surface area contributed by atoms with E-state index in [2.05, 4.69) is 20.4 Å². The SMILES string of the molecule is C=C(C)C1(CC(C)C)CC(CO)OC1=O. The molecule has 0 aromatic carbocycles. The number of rotatable bonds is 4. The number of cyclic esters (lactones) is 1. The van der Waals surface area contributed by atoms with E-state index < -0.39 is 5.41 Å². The smallest absolute Gasteiger partial charge is 0.316 e. The predicted molar refractivity (Wildman–Crippen MR) is 58.3 cm³/mol. The normalized spacial score (nSPS) is 30.7. The molecule has 86 valence electrons. The minimum Gasteiger partial charge on any atom is -0.459 e. The first kappa shape index (κ1) is 12.2. The van der Waals surface area contributed by atoms with Crippen LogP contribution < -0.4 is 0 Å². The first-order valence-electron chi connectivity index (χ1n) is 5.40. The molecule has 1 saturated heterocycles. The Morgan fingerprint density at radius 2 is 2.33 bits per heavy atom. The van der Waals surface area contributed by atoms with E-state index in [0.29, 0.717) is 12.3 Å². The van der Waals surface area contributed by atoms with Gasteiger partial charge in [0, 0.05) is 6.42 Å². The number of carbonyl (C=O) groups is 1. The Balaban J connectivity index is 2.92. The van der Waals surface area contributed by atoms with Gasteiger partial charge in [0.15, 0.2) is 0 Å². The van der Waals surface area contributed by atoms with Gasteiger partial charge in [0.25, 0.3) is 0 Å². The highest BCUT2D eigenvalue weighted by Crippen LogP contribution is 2.44. The number of esters is 1. The highest BCUT2D eigenvalue weighted by Gasteiger charge is 2.49. The average molecular weight is 212 g/mol. The van der Waals surface area contributed by atoms with E-state index in [9.17, 15) is 4.79 Å². The van der Waals surface area contributed by atoms with Crippen molar-refractivity contribution in [2.24, 2.45) is 11.3 Å². The van der Waals surface area contributed by atoms with Crippen LogP contribution in [0, 0.1) is 11.3 Å². The van der Waals surface area contributed by atoms with Crippen LogP contribution in [0.5, 0.6) is 0 Å². The summed E-state index contributed by atoms with van der Waals surface area (Å²) in [6.45, 7) is 9.81. The molecule has 0 aromatic heterocycles. The summed E-state index contributed by atoms with van der Waals surface area (Å²) in [4.78, 5) is 11.8. The maximum absolute atomic E-state index is 11.8. The van der Waals surface area contributed by atoms with E-state index in [1.807, 2.05) is 6.92 Å². The third-order valence-electron chi connectivity index (χ3n) is 3.02. The molecule has 15 heavy (non-hydrogen) atoms. The Morgan fingerprint density at radius 3 is 2.67 bits per heavy atom. The van der Waals surface area contributed by atoms with Crippen LogP contribution >= 0.6 is 0 Å². The van der Waals surface area contributed by atoms with Crippen molar-refractivity contribution >= 4 is 5.97 Å². The minimum atomic E-state index is -0.568. The number of hydrogen-bond donors (Lipinski definition) is 1. The molecule has 3 nitrogen and oxygen atoms in total. The molecular formula is C12H20O3. The zero-order valence-corrected chi connectivity index (χ0v) is 9.75. The van der Waals surface area contributed by atoms with Gasteiger partial charge in [-0.15, -0.1) is 0 Å². The molecule has 0 amide bonds. The first-order chi connectivity index (χ1) is 6.92. The fourth-order valence-electron chi connectivity index (χ4n) is 2.27.